The topological polar surface area (TPSA) is 92.8 Å². The second-order valence-electron chi connectivity index (χ2n) is 5.99. The van der Waals surface area contributed by atoms with E-state index in [0.717, 1.165) is 4.90 Å². The fourth-order valence-corrected chi connectivity index (χ4v) is 2.99. The Morgan fingerprint density at radius 2 is 1.64 bits per heavy atom. The van der Waals surface area contributed by atoms with E-state index in [9.17, 15) is 19.2 Å². The first-order chi connectivity index (χ1) is 13.3. The van der Waals surface area contributed by atoms with E-state index < -0.39 is 36.3 Å². The molecule has 0 saturated heterocycles. The van der Waals surface area contributed by atoms with Crippen molar-refractivity contribution in [2.45, 2.75) is 13.0 Å². The molecular weight excluding hydrogens is 407 g/mol. The third-order valence-corrected chi connectivity index (χ3v) is 4.84. The van der Waals surface area contributed by atoms with E-state index in [2.05, 4.69) is 5.32 Å². The number of hydrogen-bond acceptors (Lipinski definition) is 5. The van der Waals surface area contributed by atoms with Gasteiger partial charge in [-0.1, -0.05) is 35.3 Å². The highest BCUT2D eigenvalue weighted by Gasteiger charge is 2.41. The fraction of sp³-hybridized carbons (Fsp3) is 0.158. The minimum atomic E-state index is -1.18. The molecular formula is C19H14Cl2N2O5. The van der Waals surface area contributed by atoms with E-state index in [1.54, 1.807) is 12.1 Å². The number of nitrogens with zero attached hydrogens (tertiary/aromatic N) is 1. The maximum Gasteiger partial charge on any atom is 0.329 e. The zero-order chi connectivity index (χ0) is 20.4. The molecule has 0 bridgehead atoms. The van der Waals surface area contributed by atoms with Crippen molar-refractivity contribution in [1.82, 2.24) is 4.90 Å². The van der Waals surface area contributed by atoms with E-state index >= 15 is 0 Å². The van der Waals surface area contributed by atoms with Crippen molar-refractivity contribution >= 4 is 52.6 Å². The number of ether oxygens (including phenoxy) is 1. The predicted molar refractivity (Wildman–Crippen MR) is 102 cm³/mol. The number of hydrogen-bond donors (Lipinski definition) is 1. The molecule has 1 aliphatic rings. The Kier molecular flexibility index (Phi) is 5.67. The Balaban J connectivity index is 1.59. The van der Waals surface area contributed by atoms with Gasteiger partial charge in [0.2, 0.25) is 0 Å². The number of halogens is 2. The number of amides is 3. The highest BCUT2D eigenvalue weighted by atomic mass is 35.5. The number of anilines is 1. The standard InChI is InChI=1S/C19H14Cl2N2O5/c1-10(23-17(25)12-4-2-3-5-13(12)18(23)26)19(27)28-9-16(24)22-11-6-7-14(20)15(21)8-11/h2-8,10H,9H2,1H3,(H,22,24)/t10-/m1/s1. The van der Waals surface area contributed by atoms with Crippen LogP contribution in [-0.4, -0.2) is 41.2 Å². The minimum Gasteiger partial charge on any atom is -0.454 e. The molecule has 0 fully saturated rings. The minimum absolute atomic E-state index is 0.226. The van der Waals surface area contributed by atoms with E-state index in [4.69, 9.17) is 27.9 Å². The van der Waals surface area contributed by atoms with Crippen LogP contribution in [0.25, 0.3) is 0 Å². The first kappa shape index (κ1) is 19.9. The van der Waals surface area contributed by atoms with Gasteiger partial charge in [0.1, 0.15) is 6.04 Å². The lowest BCUT2D eigenvalue weighted by Gasteiger charge is -2.20. The van der Waals surface area contributed by atoms with Crippen molar-refractivity contribution in [3.05, 3.63) is 63.6 Å². The van der Waals surface area contributed by atoms with Crippen molar-refractivity contribution in [1.29, 1.82) is 0 Å². The summed E-state index contributed by atoms with van der Waals surface area (Å²) < 4.78 is 4.94. The summed E-state index contributed by atoms with van der Waals surface area (Å²) in [5.74, 6) is -2.64. The maximum atomic E-state index is 12.4. The van der Waals surface area contributed by atoms with Gasteiger partial charge in [0.05, 0.1) is 21.2 Å². The molecule has 144 valence electrons. The van der Waals surface area contributed by atoms with Gasteiger partial charge in [0, 0.05) is 5.69 Å². The summed E-state index contributed by atoms with van der Waals surface area (Å²) in [6.45, 7) is 0.771. The van der Waals surface area contributed by atoms with Gasteiger partial charge in [-0.25, -0.2) is 4.79 Å². The number of fused-ring (bicyclic) bond motifs is 1. The third-order valence-electron chi connectivity index (χ3n) is 4.10. The van der Waals surface area contributed by atoms with Crippen LogP contribution in [0.3, 0.4) is 0 Å². The van der Waals surface area contributed by atoms with Crippen LogP contribution in [0.4, 0.5) is 5.69 Å². The Labute approximate surface area is 170 Å². The lowest BCUT2D eigenvalue weighted by molar-refractivity contribution is -0.150. The molecule has 2 aromatic carbocycles. The lowest BCUT2D eigenvalue weighted by Crippen LogP contribution is -2.44. The largest absolute Gasteiger partial charge is 0.454 e. The van der Waals surface area contributed by atoms with E-state index in [1.165, 1.54) is 37.3 Å². The molecule has 2 aromatic rings. The van der Waals surface area contributed by atoms with Gasteiger partial charge in [-0.05, 0) is 37.3 Å². The molecule has 0 saturated carbocycles. The number of carbonyl (C=O) groups is 4. The molecule has 0 radical (unpaired) electrons. The van der Waals surface area contributed by atoms with Crippen LogP contribution in [0.2, 0.25) is 10.0 Å². The number of esters is 1. The summed E-state index contributed by atoms with van der Waals surface area (Å²) in [7, 11) is 0. The van der Waals surface area contributed by atoms with Crippen LogP contribution in [0.5, 0.6) is 0 Å². The van der Waals surface area contributed by atoms with Crippen molar-refractivity contribution in [3.63, 3.8) is 0 Å². The van der Waals surface area contributed by atoms with Gasteiger partial charge in [0.25, 0.3) is 17.7 Å². The number of carbonyl (C=O) groups excluding carboxylic acids is 4. The molecule has 0 aliphatic carbocycles. The monoisotopic (exact) mass is 420 g/mol. The quantitative estimate of drug-likeness (QED) is 0.592. The maximum absolute atomic E-state index is 12.4. The molecule has 1 aliphatic heterocycles. The van der Waals surface area contributed by atoms with E-state index in [0.29, 0.717) is 10.7 Å². The molecule has 28 heavy (non-hydrogen) atoms. The van der Waals surface area contributed by atoms with Crippen LogP contribution < -0.4 is 5.32 Å². The molecule has 9 heteroatoms. The summed E-state index contributed by atoms with van der Waals surface area (Å²) in [4.78, 5) is 49.8. The molecule has 7 nitrogen and oxygen atoms in total. The highest BCUT2D eigenvalue weighted by Crippen LogP contribution is 2.26. The van der Waals surface area contributed by atoms with Crippen LogP contribution >= 0.6 is 23.2 Å². The van der Waals surface area contributed by atoms with Crippen LogP contribution in [0.15, 0.2) is 42.5 Å². The molecule has 0 spiro atoms. The molecule has 1 N–H and O–H groups in total. The number of imide groups is 1. The summed E-state index contributed by atoms with van der Waals surface area (Å²) in [6, 6.07) is 9.60. The van der Waals surface area contributed by atoms with Crippen LogP contribution in [0.1, 0.15) is 27.6 Å². The summed E-state index contributed by atoms with van der Waals surface area (Å²) >= 11 is 11.7. The average molecular weight is 421 g/mol. The van der Waals surface area contributed by atoms with Gasteiger partial charge in [-0.15, -0.1) is 0 Å². The first-order valence-electron chi connectivity index (χ1n) is 8.18. The van der Waals surface area contributed by atoms with Crippen LogP contribution in [0, 0.1) is 0 Å². The van der Waals surface area contributed by atoms with Gasteiger partial charge >= 0.3 is 5.97 Å². The molecule has 3 amide bonds. The molecule has 1 heterocycles. The number of nitrogens with one attached hydrogen (secondary N) is 1. The van der Waals surface area contributed by atoms with Gasteiger partial charge < -0.3 is 10.1 Å². The Hall–Kier alpha value is -2.90. The second-order valence-corrected chi connectivity index (χ2v) is 6.80. The zero-order valence-electron chi connectivity index (χ0n) is 14.6. The lowest BCUT2D eigenvalue weighted by atomic mass is 10.1. The Morgan fingerprint density at radius 1 is 1.04 bits per heavy atom. The summed E-state index contributed by atoms with van der Waals surface area (Å²) in [5.41, 5.74) is 0.831. The molecule has 3 rings (SSSR count). The average Bonchev–Trinajstić information content (AvgIpc) is 2.93. The fourth-order valence-electron chi connectivity index (χ4n) is 2.69. The van der Waals surface area contributed by atoms with Crippen molar-refractivity contribution in [2.24, 2.45) is 0 Å². The normalized spacial score (nSPS) is 13.9. The second kappa shape index (κ2) is 8.00. The smallest absolute Gasteiger partial charge is 0.329 e. The Bertz CT molecular complexity index is 957. The van der Waals surface area contributed by atoms with E-state index in [-0.39, 0.29) is 16.1 Å². The van der Waals surface area contributed by atoms with Crippen molar-refractivity contribution in [3.8, 4) is 0 Å². The molecule has 1 atom stereocenters. The van der Waals surface area contributed by atoms with E-state index in [1.807, 2.05) is 0 Å². The van der Waals surface area contributed by atoms with Crippen molar-refractivity contribution < 1.29 is 23.9 Å². The summed E-state index contributed by atoms with van der Waals surface area (Å²) in [6.07, 6.45) is 0. The summed E-state index contributed by atoms with van der Waals surface area (Å²) in [5, 5.41) is 3.09. The molecule has 0 unspecified atom stereocenters. The van der Waals surface area contributed by atoms with Gasteiger partial charge in [-0.3, -0.25) is 19.3 Å². The zero-order valence-corrected chi connectivity index (χ0v) is 16.1. The predicted octanol–water partition coefficient (Wildman–Crippen LogP) is 3.16. The van der Waals surface area contributed by atoms with Gasteiger partial charge in [-0.2, -0.15) is 0 Å². The number of benzene rings is 2. The van der Waals surface area contributed by atoms with Crippen LogP contribution in [-0.2, 0) is 14.3 Å². The first-order valence-corrected chi connectivity index (χ1v) is 8.93. The Morgan fingerprint density at radius 3 is 2.21 bits per heavy atom. The van der Waals surface area contributed by atoms with Crippen molar-refractivity contribution in [2.75, 3.05) is 11.9 Å². The molecule has 0 aromatic heterocycles. The highest BCUT2D eigenvalue weighted by molar-refractivity contribution is 6.42. The SMILES string of the molecule is C[C@H](C(=O)OCC(=O)Nc1ccc(Cl)c(Cl)c1)N1C(=O)c2ccccc2C1=O. The third kappa shape index (κ3) is 3.85. The number of rotatable bonds is 5. The van der Waals surface area contributed by atoms with Gasteiger partial charge in [0.15, 0.2) is 6.61 Å².